The van der Waals surface area contributed by atoms with E-state index in [0.29, 0.717) is 17.3 Å². The molecule has 0 amide bonds. The minimum absolute atomic E-state index is 0.126. The van der Waals surface area contributed by atoms with Crippen LogP contribution in [0.15, 0.2) is 40.9 Å². The average molecular weight is 278 g/mol. The number of rotatable bonds is 3. The Morgan fingerprint density at radius 2 is 2.14 bits per heavy atom. The Morgan fingerprint density at radius 3 is 2.86 bits per heavy atom. The van der Waals surface area contributed by atoms with Crippen LogP contribution in [0.5, 0.6) is 0 Å². The van der Waals surface area contributed by atoms with Crippen LogP contribution in [0, 0.1) is 18.3 Å². The van der Waals surface area contributed by atoms with Gasteiger partial charge >= 0.3 is 0 Å². The molecule has 0 radical (unpaired) electrons. The molecule has 3 rings (SSSR count). The van der Waals surface area contributed by atoms with Crippen LogP contribution in [0.3, 0.4) is 0 Å². The van der Waals surface area contributed by atoms with Crippen molar-refractivity contribution >= 4 is 16.7 Å². The maximum Gasteiger partial charge on any atom is 0.216 e. The molecule has 0 saturated carbocycles. The lowest BCUT2D eigenvalue weighted by Gasteiger charge is -2.12. The second-order valence-electron chi connectivity index (χ2n) is 4.86. The molecular weight excluding hydrogens is 264 g/mol. The molecule has 21 heavy (non-hydrogen) atoms. The number of oxazole rings is 1. The molecule has 0 saturated heterocycles. The Balaban J connectivity index is 1.96. The lowest BCUT2D eigenvalue weighted by Crippen LogP contribution is -2.08. The fourth-order valence-corrected chi connectivity index (χ4v) is 2.20. The molecule has 5 nitrogen and oxygen atoms in total. The number of benzene rings is 1. The predicted molar refractivity (Wildman–Crippen MR) is 79.7 cm³/mol. The van der Waals surface area contributed by atoms with E-state index in [4.69, 9.17) is 4.42 Å². The molecular formula is C16H14N4O. The molecule has 2 aromatic heterocycles. The van der Waals surface area contributed by atoms with Gasteiger partial charge in [-0.1, -0.05) is 18.2 Å². The zero-order chi connectivity index (χ0) is 14.8. The van der Waals surface area contributed by atoms with E-state index >= 15 is 0 Å². The highest BCUT2D eigenvalue weighted by molar-refractivity contribution is 5.86. The highest BCUT2D eigenvalue weighted by Gasteiger charge is 2.13. The molecule has 1 N–H and O–H groups in total. The van der Waals surface area contributed by atoms with E-state index in [1.807, 2.05) is 38.1 Å². The van der Waals surface area contributed by atoms with Gasteiger partial charge in [-0.2, -0.15) is 5.26 Å². The van der Waals surface area contributed by atoms with Crippen LogP contribution >= 0.6 is 0 Å². The molecule has 0 aliphatic carbocycles. The lowest BCUT2D eigenvalue weighted by atomic mass is 10.1. The van der Waals surface area contributed by atoms with Crippen molar-refractivity contribution in [3.8, 4) is 6.07 Å². The van der Waals surface area contributed by atoms with Crippen molar-refractivity contribution in [3.63, 3.8) is 0 Å². The quantitative estimate of drug-likeness (QED) is 0.792. The second kappa shape index (κ2) is 5.25. The SMILES string of the molecule is Cc1cnc(C(C)Nc2cc(C#N)c3ccccc3n2)o1. The summed E-state index contributed by atoms with van der Waals surface area (Å²) >= 11 is 0. The van der Waals surface area contributed by atoms with Gasteiger partial charge in [0.15, 0.2) is 0 Å². The Morgan fingerprint density at radius 1 is 1.33 bits per heavy atom. The fraction of sp³-hybridized carbons (Fsp3) is 0.188. The molecule has 0 bridgehead atoms. The molecule has 1 aromatic carbocycles. The first-order chi connectivity index (χ1) is 10.2. The van der Waals surface area contributed by atoms with Crippen molar-refractivity contribution in [2.45, 2.75) is 19.9 Å². The number of pyridine rings is 1. The Labute approximate surface area is 122 Å². The second-order valence-corrected chi connectivity index (χ2v) is 4.86. The van der Waals surface area contributed by atoms with Crippen molar-refractivity contribution in [1.82, 2.24) is 9.97 Å². The zero-order valence-corrected chi connectivity index (χ0v) is 11.8. The van der Waals surface area contributed by atoms with Gasteiger partial charge in [-0.05, 0) is 26.0 Å². The van der Waals surface area contributed by atoms with E-state index in [9.17, 15) is 5.26 Å². The largest absolute Gasteiger partial charge is 0.444 e. The van der Waals surface area contributed by atoms with E-state index in [2.05, 4.69) is 21.4 Å². The molecule has 1 atom stereocenters. The van der Waals surface area contributed by atoms with Gasteiger partial charge < -0.3 is 9.73 Å². The van der Waals surface area contributed by atoms with Gasteiger partial charge in [0.2, 0.25) is 5.89 Å². The Kier molecular flexibility index (Phi) is 3.28. The molecule has 2 heterocycles. The van der Waals surface area contributed by atoms with Crippen molar-refractivity contribution in [3.05, 3.63) is 53.7 Å². The van der Waals surface area contributed by atoms with Crippen LogP contribution in [-0.4, -0.2) is 9.97 Å². The standard InChI is InChI=1S/C16H14N4O/c1-10-9-18-16(21-10)11(2)19-15-7-12(8-17)13-5-3-4-6-14(13)20-15/h3-7,9,11H,1-2H3,(H,19,20). The van der Waals surface area contributed by atoms with Crippen LogP contribution in [0.4, 0.5) is 5.82 Å². The summed E-state index contributed by atoms with van der Waals surface area (Å²) < 4.78 is 5.50. The van der Waals surface area contributed by atoms with Gasteiger partial charge in [-0.25, -0.2) is 9.97 Å². The van der Waals surface area contributed by atoms with Gasteiger partial charge in [0.25, 0.3) is 0 Å². The third-order valence-electron chi connectivity index (χ3n) is 3.21. The molecule has 0 aliphatic heterocycles. The number of nitrogens with zero attached hydrogens (tertiary/aromatic N) is 3. The van der Waals surface area contributed by atoms with E-state index in [1.165, 1.54) is 0 Å². The number of aromatic nitrogens is 2. The van der Waals surface area contributed by atoms with Crippen LogP contribution in [0.2, 0.25) is 0 Å². The van der Waals surface area contributed by atoms with Crippen molar-refractivity contribution in [1.29, 1.82) is 5.26 Å². The molecule has 104 valence electrons. The van der Waals surface area contributed by atoms with Gasteiger partial charge in [-0.15, -0.1) is 0 Å². The predicted octanol–water partition coefficient (Wildman–Crippen LogP) is 3.58. The fourth-order valence-electron chi connectivity index (χ4n) is 2.20. The summed E-state index contributed by atoms with van der Waals surface area (Å²) in [6, 6.07) is 11.4. The Bertz CT molecular complexity index is 832. The molecule has 3 aromatic rings. The third-order valence-corrected chi connectivity index (χ3v) is 3.21. The minimum Gasteiger partial charge on any atom is -0.444 e. The number of para-hydroxylation sites is 1. The molecule has 0 fully saturated rings. The summed E-state index contributed by atoms with van der Waals surface area (Å²) in [5.74, 6) is 2.00. The average Bonchev–Trinajstić information content (AvgIpc) is 2.93. The number of anilines is 1. The van der Waals surface area contributed by atoms with Crippen LogP contribution in [-0.2, 0) is 0 Å². The summed E-state index contributed by atoms with van der Waals surface area (Å²) in [6.45, 7) is 3.79. The molecule has 5 heteroatoms. The summed E-state index contributed by atoms with van der Waals surface area (Å²) in [6.07, 6.45) is 1.68. The number of nitrogens with one attached hydrogen (secondary N) is 1. The van der Waals surface area contributed by atoms with Crippen molar-refractivity contribution < 1.29 is 4.42 Å². The zero-order valence-electron chi connectivity index (χ0n) is 11.8. The molecule has 1 unspecified atom stereocenters. The minimum atomic E-state index is -0.126. The summed E-state index contributed by atoms with van der Waals surface area (Å²) in [4.78, 5) is 8.72. The number of nitriles is 1. The van der Waals surface area contributed by atoms with E-state index < -0.39 is 0 Å². The summed E-state index contributed by atoms with van der Waals surface area (Å²) in [5, 5.41) is 13.4. The van der Waals surface area contributed by atoms with E-state index in [-0.39, 0.29) is 6.04 Å². The highest BCUT2D eigenvalue weighted by atomic mass is 16.4. The van der Waals surface area contributed by atoms with Crippen LogP contribution < -0.4 is 5.32 Å². The monoisotopic (exact) mass is 278 g/mol. The number of hydrogen-bond donors (Lipinski definition) is 1. The molecule has 0 aliphatic rings. The number of fused-ring (bicyclic) bond motifs is 1. The molecule has 0 spiro atoms. The van der Waals surface area contributed by atoms with Crippen LogP contribution in [0.25, 0.3) is 10.9 Å². The maximum absolute atomic E-state index is 9.28. The first-order valence-corrected chi connectivity index (χ1v) is 6.66. The van der Waals surface area contributed by atoms with Gasteiger partial charge in [-0.3, -0.25) is 0 Å². The lowest BCUT2D eigenvalue weighted by molar-refractivity contribution is 0.453. The smallest absolute Gasteiger partial charge is 0.216 e. The summed E-state index contributed by atoms with van der Waals surface area (Å²) in [7, 11) is 0. The van der Waals surface area contributed by atoms with Gasteiger partial charge in [0.05, 0.1) is 23.3 Å². The first kappa shape index (κ1) is 13.1. The van der Waals surface area contributed by atoms with Gasteiger partial charge in [0.1, 0.15) is 17.6 Å². The van der Waals surface area contributed by atoms with Crippen molar-refractivity contribution in [2.24, 2.45) is 0 Å². The normalized spacial score (nSPS) is 12.0. The van der Waals surface area contributed by atoms with Gasteiger partial charge in [0, 0.05) is 5.39 Å². The maximum atomic E-state index is 9.28. The highest BCUT2D eigenvalue weighted by Crippen LogP contribution is 2.23. The third kappa shape index (κ3) is 2.56. The first-order valence-electron chi connectivity index (χ1n) is 6.66. The van der Waals surface area contributed by atoms with E-state index in [0.717, 1.165) is 16.7 Å². The van der Waals surface area contributed by atoms with Crippen LogP contribution in [0.1, 0.15) is 30.2 Å². The Hall–Kier alpha value is -2.87. The van der Waals surface area contributed by atoms with E-state index in [1.54, 1.807) is 12.3 Å². The van der Waals surface area contributed by atoms with Crippen molar-refractivity contribution in [2.75, 3.05) is 5.32 Å². The topological polar surface area (TPSA) is 74.7 Å². The summed E-state index contributed by atoms with van der Waals surface area (Å²) in [5.41, 5.74) is 1.38. The number of aryl methyl sites for hydroxylation is 1. The number of hydrogen-bond acceptors (Lipinski definition) is 5.